The number of nitrogens with zero attached hydrogens (tertiary/aromatic N) is 3. The van der Waals surface area contributed by atoms with Gasteiger partial charge in [-0.2, -0.15) is 18.4 Å². The number of hydrogen-bond donors (Lipinski definition) is 1. The van der Waals surface area contributed by atoms with E-state index in [1.54, 1.807) is 35.0 Å². The van der Waals surface area contributed by atoms with E-state index in [-0.39, 0.29) is 22.0 Å². The maximum atomic E-state index is 13.5. The molecule has 0 unspecified atom stereocenters. The van der Waals surface area contributed by atoms with Gasteiger partial charge in [0.25, 0.3) is 5.56 Å². The summed E-state index contributed by atoms with van der Waals surface area (Å²) in [6.45, 7) is 0. The zero-order valence-corrected chi connectivity index (χ0v) is 16.7. The second kappa shape index (κ2) is 7.62. The number of aromatic nitrogens is 3. The number of nitriles is 1. The van der Waals surface area contributed by atoms with E-state index in [4.69, 9.17) is 0 Å². The van der Waals surface area contributed by atoms with Crippen LogP contribution in [0.3, 0.4) is 0 Å². The van der Waals surface area contributed by atoms with Crippen LogP contribution in [0.5, 0.6) is 0 Å². The molecule has 0 aromatic carbocycles. The summed E-state index contributed by atoms with van der Waals surface area (Å²) in [5, 5.41) is 12.8. The summed E-state index contributed by atoms with van der Waals surface area (Å²) in [7, 11) is 0. The molecular formula is C18H9F3N4OS3. The van der Waals surface area contributed by atoms with Crippen molar-refractivity contribution in [1.82, 2.24) is 15.0 Å². The molecule has 29 heavy (non-hydrogen) atoms. The average molecular weight is 450 g/mol. The van der Waals surface area contributed by atoms with E-state index < -0.39 is 17.3 Å². The van der Waals surface area contributed by atoms with Crippen molar-refractivity contribution in [2.75, 3.05) is 0 Å². The first-order chi connectivity index (χ1) is 13.9. The lowest BCUT2D eigenvalue weighted by Crippen LogP contribution is -2.11. The van der Waals surface area contributed by atoms with Gasteiger partial charge in [0.2, 0.25) is 0 Å². The Labute approximate surface area is 173 Å². The van der Waals surface area contributed by atoms with Crippen molar-refractivity contribution in [3.05, 3.63) is 62.3 Å². The Morgan fingerprint density at radius 1 is 1.21 bits per heavy atom. The van der Waals surface area contributed by atoms with Crippen LogP contribution < -0.4 is 5.56 Å². The molecule has 4 rings (SSSR count). The summed E-state index contributed by atoms with van der Waals surface area (Å²) in [5.74, 6) is 0.361. The topological polar surface area (TPSA) is 82.4 Å². The van der Waals surface area contributed by atoms with Crippen molar-refractivity contribution in [2.45, 2.75) is 17.0 Å². The standard InChI is InChI=1S/C18H9F3N4OS3/c19-18(20,21)10-6-12(13-2-1-4-27-13)24-17(9(10)7-22)29-8-14-23-11-3-5-28-15(11)16(26)25-14/h1-6H,8H2,(H,23,25,26). The molecule has 0 amide bonds. The summed E-state index contributed by atoms with van der Waals surface area (Å²) in [5.41, 5.74) is -1.22. The van der Waals surface area contributed by atoms with Crippen molar-refractivity contribution in [1.29, 1.82) is 5.26 Å². The Bertz CT molecular complexity index is 1290. The Hall–Kier alpha value is -2.68. The predicted molar refractivity (Wildman–Crippen MR) is 107 cm³/mol. The average Bonchev–Trinajstić information content (AvgIpc) is 3.36. The summed E-state index contributed by atoms with van der Waals surface area (Å²) >= 11 is 3.44. The molecule has 0 fully saturated rings. The van der Waals surface area contributed by atoms with E-state index in [2.05, 4.69) is 15.0 Å². The van der Waals surface area contributed by atoms with Gasteiger partial charge in [-0.05, 0) is 29.0 Å². The lowest BCUT2D eigenvalue weighted by atomic mass is 10.1. The smallest absolute Gasteiger partial charge is 0.309 e. The van der Waals surface area contributed by atoms with Gasteiger partial charge in [-0.15, -0.1) is 22.7 Å². The highest BCUT2D eigenvalue weighted by Gasteiger charge is 2.36. The van der Waals surface area contributed by atoms with E-state index in [0.29, 0.717) is 20.9 Å². The highest BCUT2D eigenvalue weighted by Crippen LogP contribution is 2.39. The van der Waals surface area contributed by atoms with Crippen molar-refractivity contribution in [2.24, 2.45) is 0 Å². The maximum Gasteiger partial charge on any atom is 0.417 e. The Kier molecular flexibility index (Phi) is 5.16. The minimum atomic E-state index is -4.70. The molecule has 0 aliphatic heterocycles. The van der Waals surface area contributed by atoms with Gasteiger partial charge in [-0.1, -0.05) is 17.8 Å². The predicted octanol–water partition coefficient (Wildman–Crippen LogP) is 5.29. The first kappa shape index (κ1) is 19.6. The summed E-state index contributed by atoms with van der Waals surface area (Å²) < 4.78 is 41.1. The molecule has 5 nitrogen and oxygen atoms in total. The third-order valence-electron chi connectivity index (χ3n) is 3.89. The number of hydrogen-bond acceptors (Lipinski definition) is 7. The second-order valence-corrected chi connectivity index (χ2v) is 8.59. The summed E-state index contributed by atoms with van der Waals surface area (Å²) in [6.07, 6.45) is -4.70. The number of nitrogens with one attached hydrogen (secondary N) is 1. The molecule has 11 heteroatoms. The normalized spacial score (nSPS) is 11.7. The molecule has 0 saturated heterocycles. The molecular weight excluding hydrogens is 441 g/mol. The third-order valence-corrected chi connectivity index (χ3v) is 6.67. The monoisotopic (exact) mass is 450 g/mol. The van der Waals surface area contributed by atoms with Crippen LogP contribution in [0.1, 0.15) is 17.0 Å². The fourth-order valence-electron chi connectivity index (χ4n) is 2.63. The summed E-state index contributed by atoms with van der Waals surface area (Å²) in [6, 6.07) is 7.59. The zero-order valence-electron chi connectivity index (χ0n) is 14.3. The maximum absolute atomic E-state index is 13.5. The van der Waals surface area contributed by atoms with Crippen LogP contribution >= 0.6 is 34.4 Å². The minimum absolute atomic E-state index is 0.0567. The van der Waals surface area contributed by atoms with Gasteiger partial charge in [0, 0.05) is 0 Å². The van der Waals surface area contributed by atoms with Crippen molar-refractivity contribution >= 4 is 44.7 Å². The number of halogens is 3. The molecule has 0 spiro atoms. The minimum Gasteiger partial charge on any atom is -0.309 e. The number of rotatable bonds is 4. The number of fused-ring (bicyclic) bond motifs is 1. The fraction of sp³-hybridized carbons (Fsp3) is 0.111. The van der Waals surface area contributed by atoms with Gasteiger partial charge in [-0.25, -0.2) is 9.97 Å². The quantitative estimate of drug-likeness (QED) is 0.427. The molecule has 4 aromatic rings. The SMILES string of the molecule is N#Cc1c(C(F)(F)F)cc(-c2cccs2)nc1SCc1nc2ccsc2c(=O)[nH]1. The van der Waals surface area contributed by atoms with E-state index in [0.717, 1.165) is 17.8 Å². The molecule has 0 saturated carbocycles. The van der Waals surface area contributed by atoms with Crippen LogP contribution in [0.15, 0.2) is 44.8 Å². The Morgan fingerprint density at radius 2 is 2.03 bits per heavy atom. The van der Waals surface area contributed by atoms with Crippen LogP contribution in [-0.2, 0) is 11.9 Å². The first-order valence-corrected chi connectivity index (χ1v) is 10.8. The Morgan fingerprint density at radius 3 is 2.72 bits per heavy atom. The second-order valence-electron chi connectivity index (χ2n) is 5.76. The van der Waals surface area contributed by atoms with Crippen LogP contribution in [0.25, 0.3) is 20.8 Å². The van der Waals surface area contributed by atoms with Crippen molar-refractivity contribution in [3.8, 4) is 16.6 Å². The molecule has 146 valence electrons. The van der Waals surface area contributed by atoms with Crippen molar-refractivity contribution < 1.29 is 13.2 Å². The number of pyridine rings is 1. The molecule has 4 heterocycles. The van der Waals surface area contributed by atoms with Gasteiger partial charge < -0.3 is 4.98 Å². The molecule has 0 aliphatic carbocycles. The molecule has 0 atom stereocenters. The van der Waals surface area contributed by atoms with Crippen molar-refractivity contribution in [3.63, 3.8) is 0 Å². The highest BCUT2D eigenvalue weighted by molar-refractivity contribution is 7.98. The van der Waals surface area contributed by atoms with E-state index in [1.165, 1.54) is 22.7 Å². The number of thiophene rings is 2. The molecule has 4 aromatic heterocycles. The molecule has 0 bridgehead atoms. The number of H-pyrrole nitrogens is 1. The van der Waals surface area contributed by atoms with E-state index >= 15 is 0 Å². The third kappa shape index (κ3) is 3.91. The van der Waals surface area contributed by atoms with Gasteiger partial charge >= 0.3 is 6.18 Å². The number of aromatic amines is 1. The fourth-order valence-corrected chi connectivity index (χ4v) is 4.92. The van der Waals surface area contributed by atoms with Gasteiger partial charge in [0.05, 0.1) is 33.0 Å². The lowest BCUT2D eigenvalue weighted by Gasteiger charge is -2.13. The summed E-state index contributed by atoms with van der Waals surface area (Å²) in [4.78, 5) is 23.9. The molecule has 0 aliphatic rings. The van der Waals surface area contributed by atoms with Gasteiger partial charge in [0.1, 0.15) is 21.6 Å². The van der Waals surface area contributed by atoms with Gasteiger partial charge in [-0.3, -0.25) is 4.79 Å². The van der Waals surface area contributed by atoms with Gasteiger partial charge in [0.15, 0.2) is 0 Å². The van der Waals surface area contributed by atoms with E-state index in [9.17, 15) is 23.2 Å². The number of thioether (sulfide) groups is 1. The zero-order chi connectivity index (χ0) is 20.6. The molecule has 1 N–H and O–H groups in total. The van der Waals surface area contributed by atoms with E-state index in [1.807, 2.05) is 0 Å². The Balaban J connectivity index is 1.76. The molecule has 0 radical (unpaired) electrons. The van der Waals surface area contributed by atoms with Crippen LogP contribution in [-0.4, -0.2) is 15.0 Å². The number of alkyl halides is 3. The van der Waals surface area contributed by atoms with Crippen LogP contribution in [0.4, 0.5) is 13.2 Å². The highest BCUT2D eigenvalue weighted by atomic mass is 32.2. The van der Waals surface area contributed by atoms with Crippen LogP contribution in [0.2, 0.25) is 0 Å². The lowest BCUT2D eigenvalue weighted by molar-refractivity contribution is -0.138. The van der Waals surface area contributed by atoms with Crippen LogP contribution in [0, 0.1) is 11.3 Å². The largest absolute Gasteiger partial charge is 0.417 e. The first-order valence-electron chi connectivity index (χ1n) is 8.02.